The van der Waals surface area contributed by atoms with Crippen LogP contribution in [0.4, 0.5) is 0 Å². The molecule has 1 saturated carbocycles. The number of nitrogens with zero attached hydrogens (tertiary/aromatic N) is 3. The van der Waals surface area contributed by atoms with Gasteiger partial charge in [0.15, 0.2) is 5.16 Å². The first-order valence-electron chi connectivity index (χ1n) is 8.51. The van der Waals surface area contributed by atoms with E-state index in [1.165, 1.54) is 24.6 Å². The second kappa shape index (κ2) is 7.38. The van der Waals surface area contributed by atoms with Gasteiger partial charge >= 0.3 is 0 Å². The monoisotopic (exact) mass is 344 g/mol. The first-order valence-corrected chi connectivity index (χ1v) is 9.39. The highest BCUT2D eigenvalue weighted by molar-refractivity contribution is 8.00. The average molecular weight is 344 g/mol. The first-order chi connectivity index (χ1) is 11.6. The number of amides is 1. The van der Waals surface area contributed by atoms with Gasteiger partial charge in [-0.1, -0.05) is 42.8 Å². The van der Waals surface area contributed by atoms with E-state index in [0.29, 0.717) is 6.04 Å². The van der Waals surface area contributed by atoms with Gasteiger partial charge in [0.25, 0.3) is 0 Å². The largest absolute Gasteiger partial charge is 0.352 e. The van der Waals surface area contributed by atoms with Crippen LogP contribution in [0.5, 0.6) is 0 Å². The van der Waals surface area contributed by atoms with Crippen molar-refractivity contribution in [2.75, 3.05) is 0 Å². The minimum atomic E-state index is -0.197. The molecule has 0 saturated heterocycles. The number of benzene rings is 1. The van der Waals surface area contributed by atoms with Crippen molar-refractivity contribution < 1.29 is 4.79 Å². The molecule has 1 amide bonds. The van der Waals surface area contributed by atoms with E-state index in [-0.39, 0.29) is 11.2 Å². The zero-order chi connectivity index (χ0) is 17.1. The molecule has 1 N–H and O–H groups in total. The molecule has 1 fully saturated rings. The van der Waals surface area contributed by atoms with E-state index in [1.54, 1.807) is 0 Å². The molecule has 24 heavy (non-hydrogen) atoms. The molecular formula is C18H24N4OS. The van der Waals surface area contributed by atoms with Crippen LogP contribution in [0.15, 0.2) is 29.4 Å². The van der Waals surface area contributed by atoms with Crippen molar-refractivity contribution >= 4 is 17.7 Å². The second-order valence-corrected chi connectivity index (χ2v) is 7.71. The van der Waals surface area contributed by atoms with Crippen LogP contribution in [-0.2, 0) is 4.79 Å². The van der Waals surface area contributed by atoms with E-state index < -0.39 is 0 Å². The summed E-state index contributed by atoms with van der Waals surface area (Å²) in [5, 5.41) is 12.2. The highest BCUT2D eigenvalue weighted by atomic mass is 32.2. The minimum absolute atomic E-state index is 0.0869. The van der Waals surface area contributed by atoms with Crippen LogP contribution >= 0.6 is 11.8 Å². The molecule has 1 aliphatic carbocycles. The maximum Gasteiger partial charge on any atom is 0.233 e. The van der Waals surface area contributed by atoms with Gasteiger partial charge in [0.1, 0.15) is 5.82 Å². The predicted octanol–water partition coefficient (Wildman–Crippen LogP) is 3.42. The quantitative estimate of drug-likeness (QED) is 0.844. The summed E-state index contributed by atoms with van der Waals surface area (Å²) >= 11 is 1.46. The number of thioether (sulfide) groups is 1. The fourth-order valence-corrected chi connectivity index (χ4v) is 4.03. The van der Waals surface area contributed by atoms with E-state index in [9.17, 15) is 4.79 Å². The number of nitrogens with one attached hydrogen (secondary N) is 1. The van der Waals surface area contributed by atoms with Crippen LogP contribution in [0, 0.1) is 13.8 Å². The second-order valence-electron chi connectivity index (χ2n) is 6.40. The fourth-order valence-electron chi connectivity index (χ4n) is 3.11. The SMILES string of the molecule is Cc1ccccc1-n1c(C)nnc1SC(C)C(=O)NC1CCCC1. The summed E-state index contributed by atoms with van der Waals surface area (Å²) in [5.74, 6) is 0.916. The van der Waals surface area contributed by atoms with Crippen molar-refractivity contribution in [3.05, 3.63) is 35.7 Å². The van der Waals surface area contributed by atoms with E-state index >= 15 is 0 Å². The summed E-state index contributed by atoms with van der Waals surface area (Å²) in [6.45, 7) is 5.94. The molecule has 1 aliphatic rings. The molecule has 5 nitrogen and oxygen atoms in total. The Balaban J connectivity index is 1.76. The summed E-state index contributed by atoms with van der Waals surface area (Å²) in [6, 6.07) is 8.49. The van der Waals surface area contributed by atoms with E-state index in [0.717, 1.165) is 35.1 Å². The summed E-state index contributed by atoms with van der Waals surface area (Å²) in [7, 11) is 0. The van der Waals surface area contributed by atoms with Gasteiger partial charge < -0.3 is 5.32 Å². The Labute approximate surface area is 147 Å². The van der Waals surface area contributed by atoms with Gasteiger partial charge in [0, 0.05) is 6.04 Å². The number of aromatic nitrogens is 3. The van der Waals surface area contributed by atoms with E-state index in [2.05, 4.69) is 34.6 Å². The third kappa shape index (κ3) is 3.64. The lowest BCUT2D eigenvalue weighted by Gasteiger charge is -2.17. The number of para-hydroxylation sites is 1. The maximum atomic E-state index is 12.4. The smallest absolute Gasteiger partial charge is 0.233 e. The molecule has 128 valence electrons. The summed E-state index contributed by atoms with van der Waals surface area (Å²) in [5.41, 5.74) is 2.22. The molecule has 0 radical (unpaired) electrons. The van der Waals surface area contributed by atoms with Crippen molar-refractivity contribution in [3.8, 4) is 5.69 Å². The van der Waals surface area contributed by atoms with Crippen molar-refractivity contribution in [2.45, 2.75) is 62.9 Å². The van der Waals surface area contributed by atoms with Gasteiger partial charge in [0.05, 0.1) is 10.9 Å². The van der Waals surface area contributed by atoms with Crippen LogP contribution in [0.3, 0.4) is 0 Å². The standard InChI is InChI=1S/C18H24N4OS/c1-12-8-4-7-11-16(12)22-14(3)20-21-18(22)24-13(2)17(23)19-15-9-5-6-10-15/h4,7-8,11,13,15H,5-6,9-10H2,1-3H3,(H,19,23). The van der Waals surface area contributed by atoms with Gasteiger partial charge in [-0.25, -0.2) is 0 Å². The van der Waals surface area contributed by atoms with Crippen LogP contribution in [0.25, 0.3) is 5.69 Å². The number of rotatable bonds is 5. The Morgan fingerprint density at radius 2 is 1.96 bits per heavy atom. The molecule has 1 heterocycles. The molecular weight excluding hydrogens is 320 g/mol. The Bertz CT molecular complexity index is 722. The molecule has 0 bridgehead atoms. The Kier molecular flexibility index (Phi) is 5.23. The summed E-state index contributed by atoms with van der Waals surface area (Å²) < 4.78 is 2.03. The molecule has 6 heteroatoms. The molecule has 2 aromatic rings. The molecule has 1 unspecified atom stereocenters. The molecule has 0 aliphatic heterocycles. The average Bonchev–Trinajstić information content (AvgIpc) is 3.18. The zero-order valence-corrected chi connectivity index (χ0v) is 15.3. The first kappa shape index (κ1) is 17.0. The molecule has 1 aromatic heterocycles. The van der Waals surface area contributed by atoms with Crippen molar-refractivity contribution in [1.82, 2.24) is 20.1 Å². The number of carbonyl (C=O) groups is 1. The molecule has 1 aromatic carbocycles. The predicted molar refractivity (Wildman–Crippen MR) is 96.6 cm³/mol. The number of carbonyl (C=O) groups excluding carboxylic acids is 1. The van der Waals surface area contributed by atoms with Crippen molar-refractivity contribution in [3.63, 3.8) is 0 Å². The Morgan fingerprint density at radius 1 is 1.25 bits per heavy atom. The normalized spacial score (nSPS) is 16.3. The van der Waals surface area contributed by atoms with Crippen molar-refractivity contribution in [1.29, 1.82) is 0 Å². The van der Waals surface area contributed by atoms with Crippen LogP contribution in [0.1, 0.15) is 44.0 Å². The fraction of sp³-hybridized carbons (Fsp3) is 0.500. The van der Waals surface area contributed by atoms with Gasteiger partial charge in [-0.15, -0.1) is 10.2 Å². The third-order valence-corrected chi connectivity index (χ3v) is 5.55. The number of hydrogen-bond acceptors (Lipinski definition) is 4. The highest BCUT2D eigenvalue weighted by Crippen LogP contribution is 2.27. The highest BCUT2D eigenvalue weighted by Gasteiger charge is 2.23. The minimum Gasteiger partial charge on any atom is -0.352 e. The lowest BCUT2D eigenvalue weighted by Crippen LogP contribution is -2.37. The Hall–Kier alpha value is -1.82. The number of hydrogen-bond donors (Lipinski definition) is 1. The summed E-state index contributed by atoms with van der Waals surface area (Å²) in [4.78, 5) is 12.4. The zero-order valence-electron chi connectivity index (χ0n) is 14.5. The van der Waals surface area contributed by atoms with Gasteiger partial charge in [0.2, 0.25) is 5.91 Å². The lowest BCUT2D eigenvalue weighted by atomic mass is 10.2. The van der Waals surface area contributed by atoms with Crippen molar-refractivity contribution in [2.24, 2.45) is 0 Å². The third-order valence-electron chi connectivity index (χ3n) is 4.50. The molecule has 1 atom stereocenters. The Morgan fingerprint density at radius 3 is 2.67 bits per heavy atom. The van der Waals surface area contributed by atoms with Crippen LogP contribution < -0.4 is 5.32 Å². The van der Waals surface area contributed by atoms with E-state index in [4.69, 9.17) is 0 Å². The van der Waals surface area contributed by atoms with Gasteiger partial charge in [-0.2, -0.15) is 0 Å². The molecule has 0 spiro atoms. The van der Waals surface area contributed by atoms with Crippen LogP contribution in [0.2, 0.25) is 0 Å². The van der Waals surface area contributed by atoms with Gasteiger partial charge in [-0.05, 0) is 45.2 Å². The topological polar surface area (TPSA) is 59.8 Å². The van der Waals surface area contributed by atoms with Gasteiger partial charge in [-0.3, -0.25) is 9.36 Å². The molecule has 3 rings (SSSR count). The lowest BCUT2D eigenvalue weighted by molar-refractivity contribution is -0.120. The maximum absolute atomic E-state index is 12.4. The summed E-state index contributed by atoms with van der Waals surface area (Å²) in [6.07, 6.45) is 4.63. The number of aryl methyl sites for hydroxylation is 2. The van der Waals surface area contributed by atoms with E-state index in [1.807, 2.05) is 30.5 Å². The van der Waals surface area contributed by atoms with Crippen LogP contribution in [-0.4, -0.2) is 32.0 Å².